The number of aliphatic hydroxyl groups is 1. The van der Waals surface area contributed by atoms with Crippen LogP contribution in [-0.2, 0) is 14.3 Å². The molecule has 1 amide bonds. The Morgan fingerprint density at radius 1 is 1.29 bits per heavy atom. The SMILES string of the molecule is COC(=O)C(CO)NC(=O)/C=C/c1cn(-c2ccccc2)nc1-c1cccs1. The largest absolute Gasteiger partial charge is 0.467 e. The summed E-state index contributed by atoms with van der Waals surface area (Å²) in [7, 11) is 1.19. The average Bonchev–Trinajstić information content (AvgIpc) is 3.40. The van der Waals surface area contributed by atoms with E-state index in [4.69, 9.17) is 0 Å². The summed E-state index contributed by atoms with van der Waals surface area (Å²) in [5, 5.41) is 18.2. The molecule has 0 fully saturated rings. The molecule has 0 spiro atoms. The quantitative estimate of drug-likeness (QED) is 0.471. The van der Waals surface area contributed by atoms with Gasteiger partial charge in [0.05, 0.1) is 24.3 Å². The van der Waals surface area contributed by atoms with Gasteiger partial charge in [0, 0.05) is 17.8 Å². The third-order valence-corrected chi connectivity index (χ3v) is 4.79. The number of benzene rings is 1. The number of nitrogens with zero attached hydrogens (tertiary/aromatic N) is 2. The Bertz CT molecular complexity index is 965. The summed E-state index contributed by atoms with van der Waals surface area (Å²) in [6.07, 6.45) is 4.76. The van der Waals surface area contributed by atoms with Crippen molar-refractivity contribution in [1.82, 2.24) is 15.1 Å². The highest BCUT2D eigenvalue weighted by molar-refractivity contribution is 7.13. The van der Waals surface area contributed by atoms with Crippen molar-refractivity contribution >= 4 is 29.3 Å². The molecule has 0 radical (unpaired) electrons. The standard InChI is InChI=1S/C20H19N3O4S/c1-27-20(26)16(13-24)21-18(25)10-9-14-12-23(15-6-3-2-4-7-15)22-19(14)17-8-5-11-28-17/h2-12,16,24H,13H2,1H3,(H,21,25)/b10-9+. The Kier molecular flexibility index (Phi) is 6.36. The molecule has 0 aliphatic heterocycles. The van der Waals surface area contributed by atoms with Crippen molar-refractivity contribution in [2.75, 3.05) is 13.7 Å². The van der Waals surface area contributed by atoms with Crippen LogP contribution in [0.25, 0.3) is 22.3 Å². The molecule has 2 N–H and O–H groups in total. The van der Waals surface area contributed by atoms with Crippen molar-refractivity contribution < 1.29 is 19.4 Å². The summed E-state index contributed by atoms with van der Waals surface area (Å²) in [6, 6.07) is 12.4. The van der Waals surface area contributed by atoms with E-state index < -0.39 is 24.5 Å². The Balaban J connectivity index is 1.86. The number of para-hydroxylation sites is 1. The van der Waals surface area contributed by atoms with E-state index >= 15 is 0 Å². The minimum absolute atomic E-state index is 0.519. The lowest BCUT2D eigenvalue weighted by molar-refractivity contribution is -0.145. The second kappa shape index (κ2) is 9.12. The summed E-state index contributed by atoms with van der Waals surface area (Å²) in [5.41, 5.74) is 2.39. The summed E-state index contributed by atoms with van der Waals surface area (Å²) < 4.78 is 6.29. The van der Waals surface area contributed by atoms with Gasteiger partial charge in [-0.05, 0) is 29.7 Å². The Morgan fingerprint density at radius 3 is 2.71 bits per heavy atom. The van der Waals surface area contributed by atoms with Gasteiger partial charge in [-0.2, -0.15) is 5.10 Å². The van der Waals surface area contributed by atoms with Crippen LogP contribution in [0, 0.1) is 0 Å². The Hall–Kier alpha value is -3.23. The highest BCUT2D eigenvalue weighted by atomic mass is 32.1. The van der Waals surface area contributed by atoms with E-state index in [2.05, 4.69) is 15.2 Å². The lowest BCUT2D eigenvalue weighted by Gasteiger charge is -2.11. The van der Waals surface area contributed by atoms with Crippen LogP contribution in [0.3, 0.4) is 0 Å². The summed E-state index contributed by atoms with van der Waals surface area (Å²) >= 11 is 1.55. The van der Waals surface area contributed by atoms with Crippen LogP contribution < -0.4 is 5.32 Å². The number of aromatic nitrogens is 2. The van der Waals surface area contributed by atoms with E-state index in [-0.39, 0.29) is 0 Å². The van der Waals surface area contributed by atoms with Gasteiger partial charge in [-0.1, -0.05) is 24.3 Å². The second-order valence-electron chi connectivity index (χ2n) is 5.79. The molecule has 0 aliphatic carbocycles. The first kappa shape index (κ1) is 19.5. The minimum Gasteiger partial charge on any atom is -0.467 e. The third kappa shape index (κ3) is 4.54. The van der Waals surface area contributed by atoms with Crippen LogP contribution in [0.15, 0.2) is 60.1 Å². The smallest absolute Gasteiger partial charge is 0.330 e. The van der Waals surface area contributed by atoms with E-state index in [0.717, 1.165) is 21.8 Å². The van der Waals surface area contributed by atoms with Crippen LogP contribution in [0.5, 0.6) is 0 Å². The van der Waals surface area contributed by atoms with Crippen LogP contribution in [0.1, 0.15) is 5.56 Å². The number of hydrogen-bond donors (Lipinski definition) is 2. The molecule has 2 heterocycles. The molecule has 1 aromatic carbocycles. The lowest BCUT2D eigenvalue weighted by atomic mass is 10.2. The molecule has 0 bridgehead atoms. The van der Waals surface area contributed by atoms with Gasteiger partial charge in [0.15, 0.2) is 6.04 Å². The molecule has 3 aromatic rings. The van der Waals surface area contributed by atoms with Crippen molar-refractivity contribution in [1.29, 1.82) is 0 Å². The zero-order valence-corrected chi connectivity index (χ0v) is 15.9. The maximum atomic E-state index is 12.1. The van der Waals surface area contributed by atoms with Gasteiger partial charge in [0.1, 0.15) is 5.69 Å². The van der Waals surface area contributed by atoms with E-state index in [9.17, 15) is 14.7 Å². The van der Waals surface area contributed by atoms with Gasteiger partial charge < -0.3 is 15.2 Å². The maximum absolute atomic E-state index is 12.1. The number of carbonyl (C=O) groups excluding carboxylic acids is 2. The van der Waals surface area contributed by atoms with Crippen LogP contribution in [0.4, 0.5) is 0 Å². The minimum atomic E-state index is -1.11. The first-order chi connectivity index (χ1) is 13.6. The molecule has 3 rings (SSSR count). The van der Waals surface area contributed by atoms with Crippen molar-refractivity contribution in [3.8, 4) is 16.3 Å². The second-order valence-corrected chi connectivity index (χ2v) is 6.74. The first-order valence-electron chi connectivity index (χ1n) is 8.48. The normalized spacial score (nSPS) is 12.1. The lowest BCUT2D eigenvalue weighted by Crippen LogP contribution is -2.43. The molecule has 0 aliphatic rings. The van der Waals surface area contributed by atoms with Gasteiger partial charge in [-0.15, -0.1) is 11.3 Å². The zero-order valence-electron chi connectivity index (χ0n) is 15.1. The van der Waals surface area contributed by atoms with Gasteiger partial charge in [0.2, 0.25) is 5.91 Å². The average molecular weight is 397 g/mol. The number of rotatable bonds is 7. The molecule has 7 nitrogen and oxygen atoms in total. The summed E-state index contributed by atoms with van der Waals surface area (Å²) in [4.78, 5) is 24.6. The molecule has 0 saturated heterocycles. The molecule has 0 saturated carbocycles. The van der Waals surface area contributed by atoms with Crippen molar-refractivity contribution in [3.05, 3.63) is 65.7 Å². The molecule has 1 unspecified atom stereocenters. The first-order valence-corrected chi connectivity index (χ1v) is 9.36. The predicted molar refractivity (Wildman–Crippen MR) is 107 cm³/mol. The van der Waals surface area contributed by atoms with Crippen LogP contribution in [-0.4, -0.2) is 46.5 Å². The predicted octanol–water partition coefficient (Wildman–Crippen LogP) is 2.26. The van der Waals surface area contributed by atoms with Gasteiger partial charge in [-0.3, -0.25) is 4.79 Å². The van der Waals surface area contributed by atoms with Gasteiger partial charge in [-0.25, -0.2) is 9.48 Å². The molecule has 28 heavy (non-hydrogen) atoms. The molecule has 2 aromatic heterocycles. The number of ether oxygens (including phenoxy) is 1. The van der Waals surface area contributed by atoms with Crippen LogP contribution >= 0.6 is 11.3 Å². The molecular formula is C20H19N3O4S. The molecule has 144 valence electrons. The molecule has 1 atom stereocenters. The number of thiophene rings is 1. The van der Waals surface area contributed by atoms with Gasteiger partial charge in [0.25, 0.3) is 0 Å². The van der Waals surface area contributed by atoms with E-state index in [1.54, 1.807) is 22.1 Å². The molecule has 8 heteroatoms. The Morgan fingerprint density at radius 2 is 2.07 bits per heavy atom. The fraction of sp³-hybridized carbons (Fsp3) is 0.150. The zero-order chi connectivity index (χ0) is 19.9. The van der Waals surface area contributed by atoms with Crippen molar-refractivity contribution in [3.63, 3.8) is 0 Å². The van der Waals surface area contributed by atoms with Crippen LogP contribution in [0.2, 0.25) is 0 Å². The van der Waals surface area contributed by atoms with E-state index in [1.165, 1.54) is 13.2 Å². The maximum Gasteiger partial charge on any atom is 0.330 e. The number of carbonyl (C=O) groups is 2. The summed E-state index contributed by atoms with van der Waals surface area (Å²) in [6.45, 7) is -0.543. The fourth-order valence-corrected chi connectivity index (χ4v) is 3.26. The monoisotopic (exact) mass is 397 g/mol. The number of aliphatic hydroxyl groups excluding tert-OH is 1. The third-order valence-electron chi connectivity index (χ3n) is 3.92. The fourth-order valence-electron chi connectivity index (χ4n) is 2.53. The Labute approximate surface area is 165 Å². The number of nitrogens with one attached hydrogen (secondary N) is 1. The number of esters is 1. The van der Waals surface area contributed by atoms with Crippen molar-refractivity contribution in [2.24, 2.45) is 0 Å². The summed E-state index contributed by atoms with van der Waals surface area (Å²) in [5.74, 6) is -1.23. The highest BCUT2D eigenvalue weighted by Gasteiger charge is 2.19. The van der Waals surface area contributed by atoms with E-state index in [1.807, 2.05) is 54.0 Å². The molecular weight excluding hydrogens is 378 g/mol. The van der Waals surface area contributed by atoms with Crippen molar-refractivity contribution in [2.45, 2.75) is 6.04 Å². The van der Waals surface area contributed by atoms with Gasteiger partial charge >= 0.3 is 5.97 Å². The number of methoxy groups -OCH3 is 1. The topological polar surface area (TPSA) is 93.5 Å². The number of hydrogen-bond acceptors (Lipinski definition) is 6. The number of amides is 1. The highest BCUT2D eigenvalue weighted by Crippen LogP contribution is 2.28. The van der Waals surface area contributed by atoms with E-state index in [0.29, 0.717) is 0 Å².